The lowest BCUT2D eigenvalue weighted by atomic mass is 9.34. The molecule has 8 aromatic rings. The van der Waals surface area contributed by atoms with Crippen LogP contribution in [0.1, 0.15) is 37.0 Å². The Kier molecular flexibility index (Phi) is 7.75. The minimum Gasteiger partial charge on any atom is -0.309 e. The smallest absolute Gasteiger partial charge is 0.253 e. The maximum atomic E-state index is 3.68. The minimum absolute atomic E-state index is 0.0172. The molecule has 248 valence electrons. The van der Waals surface area contributed by atoms with Crippen molar-refractivity contribution in [3.63, 3.8) is 0 Å². The largest absolute Gasteiger partial charge is 0.309 e. The second-order valence-corrected chi connectivity index (χ2v) is 14.6. The number of hydrogen-bond acceptors (Lipinski definition) is 0. The topological polar surface area (TPSA) is 4.93 Å². The summed E-state index contributed by atoms with van der Waals surface area (Å²) in [6, 6.07) is 49.5. The van der Waals surface area contributed by atoms with Gasteiger partial charge in [-0.25, -0.2) is 0 Å². The lowest BCUT2D eigenvalue weighted by Gasteiger charge is -2.24. The Morgan fingerprint density at radius 3 is 1.69 bits per heavy atom. The van der Waals surface area contributed by atoms with Crippen LogP contribution in [-0.2, 0) is 0 Å². The fourth-order valence-electron chi connectivity index (χ4n) is 8.98. The first-order valence-corrected chi connectivity index (χ1v) is 18.4. The number of aromatic nitrogens is 1. The van der Waals surface area contributed by atoms with Crippen LogP contribution in [0.2, 0.25) is 0 Å². The fourth-order valence-corrected chi connectivity index (χ4v) is 8.98. The highest BCUT2D eigenvalue weighted by Gasteiger charge is 2.30. The third-order valence-corrected chi connectivity index (χ3v) is 11.1. The van der Waals surface area contributed by atoms with Crippen LogP contribution in [0.25, 0.3) is 60.2 Å². The summed E-state index contributed by atoms with van der Waals surface area (Å²) in [5.41, 5.74) is 16.5. The summed E-state index contributed by atoms with van der Waals surface area (Å²) in [6.45, 7) is 11.2. The summed E-state index contributed by atoms with van der Waals surface area (Å²) in [5.74, 6) is 7.20. The van der Waals surface area contributed by atoms with Gasteiger partial charge in [0.1, 0.15) is 0 Å². The Morgan fingerprint density at radius 2 is 1.06 bits per heavy atom. The summed E-state index contributed by atoms with van der Waals surface area (Å²) in [6.07, 6.45) is 3.13. The summed E-state index contributed by atoms with van der Waals surface area (Å²) in [4.78, 5) is 0. The Hall–Kier alpha value is -6.04. The molecule has 1 nitrogen and oxygen atoms in total. The number of hydrogen-bond donors (Lipinski definition) is 0. The second kappa shape index (κ2) is 12.6. The fraction of sp³-hybridized carbons (Fsp3) is 0.120. The summed E-state index contributed by atoms with van der Waals surface area (Å²) in [5, 5.41) is 7.56. The van der Waals surface area contributed by atoms with Crippen LogP contribution in [0.4, 0.5) is 0 Å². The second-order valence-electron chi connectivity index (χ2n) is 14.6. The van der Waals surface area contributed by atoms with E-state index in [9.17, 15) is 0 Å². The van der Waals surface area contributed by atoms with E-state index in [0.717, 1.165) is 6.42 Å². The van der Waals surface area contributed by atoms with E-state index < -0.39 is 0 Å². The average Bonchev–Trinajstić information content (AvgIpc) is 3.38. The van der Waals surface area contributed by atoms with Crippen molar-refractivity contribution in [1.29, 1.82) is 0 Å². The molecule has 1 aliphatic rings. The van der Waals surface area contributed by atoms with Gasteiger partial charge in [0.15, 0.2) is 0 Å². The normalized spacial score (nSPS) is 13.1. The highest BCUT2D eigenvalue weighted by Crippen LogP contribution is 2.39. The Bertz CT molecular complexity index is 2810. The van der Waals surface area contributed by atoms with Crippen LogP contribution in [0.15, 0.2) is 156 Å². The van der Waals surface area contributed by atoms with Crippen LogP contribution >= 0.6 is 0 Å². The van der Waals surface area contributed by atoms with E-state index in [1.54, 1.807) is 0 Å². The first-order chi connectivity index (χ1) is 25.4. The predicted molar refractivity (Wildman–Crippen MR) is 226 cm³/mol. The van der Waals surface area contributed by atoms with Gasteiger partial charge < -0.3 is 4.57 Å². The van der Waals surface area contributed by atoms with Crippen molar-refractivity contribution in [3.8, 4) is 28.7 Å². The molecule has 7 aromatic carbocycles. The van der Waals surface area contributed by atoms with Crippen molar-refractivity contribution in [2.45, 2.75) is 41.0 Å². The molecule has 0 fully saturated rings. The molecule has 52 heavy (non-hydrogen) atoms. The predicted octanol–water partition coefficient (Wildman–Crippen LogP) is 11.5. The standard InChI is InChI=1S/C50H40BN/c1-32-15-14-22-45(34(3)29-32)51(50-35(4)30-33(2)31-36(50)5)46-27-25-39(37-16-6-8-18-41(37)46)40-26-28-49(42-19-9-7-17-38(40)42)52-47-23-12-10-20-43(47)44-21-11-13-24-48(44)52/h6-13,16-21,23-31H,15H2,1-5H3. The molecule has 0 atom stereocenters. The van der Waals surface area contributed by atoms with Crippen molar-refractivity contribution in [2.75, 3.05) is 0 Å². The van der Waals surface area contributed by atoms with Gasteiger partial charge in [0.2, 0.25) is 0 Å². The number of allylic oxidation sites excluding steroid dienone is 4. The van der Waals surface area contributed by atoms with Crippen molar-refractivity contribution in [2.24, 2.45) is 0 Å². The van der Waals surface area contributed by atoms with E-state index in [4.69, 9.17) is 0 Å². The van der Waals surface area contributed by atoms with E-state index in [2.05, 4.69) is 191 Å². The number of benzene rings is 7. The molecule has 1 heterocycles. The molecule has 2 heteroatoms. The maximum absolute atomic E-state index is 3.68. The van der Waals surface area contributed by atoms with Gasteiger partial charge in [0.05, 0.1) is 16.7 Å². The summed E-state index contributed by atoms with van der Waals surface area (Å²) < 4.78 is 2.44. The molecule has 0 amide bonds. The average molecular weight is 666 g/mol. The zero-order valence-electron chi connectivity index (χ0n) is 30.5. The summed E-state index contributed by atoms with van der Waals surface area (Å²) in [7, 11) is 0. The molecule has 0 unspecified atom stereocenters. The number of aryl methyl sites for hydroxylation is 3. The molecule has 0 aliphatic heterocycles. The van der Waals surface area contributed by atoms with Gasteiger partial charge in [-0.1, -0.05) is 166 Å². The van der Waals surface area contributed by atoms with E-state index >= 15 is 0 Å². The highest BCUT2D eigenvalue weighted by molar-refractivity contribution is 6.94. The van der Waals surface area contributed by atoms with E-state index in [1.165, 1.54) is 104 Å². The molecule has 1 aromatic heterocycles. The van der Waals surface area contributed by atoms with Crippen molar-refractivity contribution in [1.82, 2.24) is 4.57 Å². The van der Waals surface area contributed by atoms with Gasteiger partial charge >= 0.3 is 0 Å². The number of para-hydroxylation sites is 2. The number of nitrogens with zero attached hydrogens (tertiary/aromatic N) is 1. The quantitative estimate of drug-likeness (QED) is 0.127. The minimum atomic E-state index is 0.0172. The van der Waals surface area contributed by atoms with Crippen LogP contribution in [0.5, 0.6) is 0 Å². The van der Waals surface area contributed by atoms with Gasteiger partial charge in [0.25, 0.3) is 6.71 Å². The third kappa shape index (κ3) is 5.11. The molecule has 0 saturated heterocycles. The van der Waals surface area contributed by atoms with Gasteiger partial charge in [-0.15, -0.1) is 0 Å². The van der Waals surface area contributed by atoms with E-state index in [0.29, 0.717) is 0 Å². The van der Waals surface area contributed by atoms with Crippen LogP contribution in [-0.4, -0.2) is 11.3 Å². The SMILES string of the molecule is CC1=CC(C)=C(B(c2c(C)cc(C)cc2C)c2ccc(-c3ccc(-n4c5ccccc5c5ccccc54)c4ccccc34)c3ccccc23)C#CC1. The Balaban J connectivity index is 1.29. The first kappa shape index (κ1) is 31.9. The lowest BCUT2D eigenvalue weighted by Crippen LogP contribution is -2.47. The Morgan fingerprint density at radius 1 is 0.538 bits per heavy atom. The highest BCUT2D eigenvalue weighted by atomic mass is 15.0. The molecule has 1 aliphatic carbocycles. The zero-order valence-corrected chi connectivity index (χ0v) is 30.5. The van der Waals surface area contributed by atoms with Crippen molar-refractivity contribution < 1.29 is 0 Å². The molecule has 0 bridgehead atoms. The monoisotopic (exact) mass is 665 g/mol. The third-order valence-electron chi connectivity index (χ3n) is 11.1. The van der Waals surface area contributed by atoms with E-state index in [1.807, 2.05) is 0 Å². The zero-order chi connectivity index (χ0) is 35.5. The van der Waals surface area contributed by atoms with Gasteiger partial charge in [-0.05, 0) is 91.1 Å². The molecular formula is C50H40BN. The van der Waals surface area contributed by atoms with Crippen LogP contribution < -0.4 is 10.9 Å². The first-order valence-electron chi connectivity index (χ1n) is 18.4. The molecule has 9 rings (SSSR count). The van der Waals surface area contributed by atoms with Crippen molar-refractivity contribution in [3.05, 3.63) is 173 Å². The number of fused-ring (bicyclic) bond motifs is 5. The lowest BCUT2D eigenvalue weighted by molar-refractivity contribution is 1.20. The van der Waals surface area contributed by atoms with Gasteiger partial charge in [0, 0.05) is 22.6 Å². The van der Waals surface area contributed by atoms with Crippen LogP contribution in [0.3, 0.4) is 0 Å². The van der Waals surface area contributed by atoms with Gasteiger partial charge in [-0.3, -0.25) is 0 Å². The number of rotatable bonds is 5. The Labute approximate surface area is 307 Å². The molecular weight excluding hydrogens is 625 g/mol. The molecule has 0 N–H and O–H groups in total. The summed E-state index contributed by atoms with van der Waals surface area (Å²) >= 11 is 0. The van der Waals surface area contributed by atoms with E-state index in [-0.39, 0.29) is 6.71 Å². The van der Waals surface area contributed by atoms with Crippen molar-refractivity contribution >= 4 is 61.0 Å². The van der Waals surface area contributed by atoms with Gasteiger partial charge in [-0.2, -0.15) is 0 Å². The molecule has 0 saturated carbocycles. The maximum Gasteiger partial charge on any atom is 0.253 e. The molecule has 0 radical (unpaired) electrons. The molecule has 0 spiro atoms. The van der Waals surface area contributed by atoms with Crippen LogP contribution in [0, 0.1) is 32.6 Å².